The van der Waals surface area contributed by atoms with Crippen LogP contribution in [-0.2, 0) is 0 Å². The molecule has 0 heterocycles. The summed E-state index contributed by atoms with van der Waals surface area (Å²) in [6.45, 7) is 7.36. The quantitative estimate of drug-likeness (QED) is 0.594. The van der Waals surface area contributed by atoms with Crippen LogP contribution in [0.25, 0.3) is 0 Å². The van der Waals surface area contributed by atoms with E-state index in [4.69, 9.17) is 0 Å². The third-order valence-corrected chi connectivity index (χ3v) is 7.00. The molecule has 2 heteroatoms. The first kappa shape index (κ1) is 11.9. The van der Waals surface area contributed by atoms with Gasteiger partial charge < -0.3 is 5.48 Å². The minimum absolute atomic E-state index is 0. The molecule has 1 aliphatic rings. The van der Waals surface area contributed by atoms with E-state index in [-0.39, 0.29) is 5.48 Å². The summed E-state index contributed by atoms with van der Waals surface area (Å²) < 4.78 is 0. The van der Waals surface area contributed by atoms with E-state index in [9.17, 15) is 0 Å². The lowest BCUT2D eigenvalue weighted by molar-refractivity contribution is 0.716. The van der Waals surface area contributed by atoms with Crippen molar-refractivity contribution in [1.82, 2.24) is 0 Å². The lowest BCUT2D eigenvalue weighted by Gasteiger charge is -2.27. The van der Waals surface area contributed by atoms with E-state index in [1.54, 1.807) is 0 Å². The van der Waals surface area contributed by atoms with Crippen LogP contribution in [0.5, 0.6) is 0 Å². The molecule has 0 aromatic heterocycles. The SMILES string of the molecule is CC[Si](C)(C)C1=CCCCC1.O. The van der Waals surface area contributed by atoms with Crippen molar-refractivity contribution in [3.8, 4) is 0 Å². The first-order valence-corrected chi connectivity index (χ1v) is 8.07. The molecule has 0 aliphatic heterocycles. The summed E-state index contributed by atoms with van der Waals surface area (Å²) in [5.41, 5.74) is 0. The molecule has 0 aromatic rings. The smallest absolute Gasteiger partial charge is 0.0747 e. The van der Waals surface area contributed by atoms with E-state index in [1.807, 2.05) is 5.20 Å². The Morgan fingerprint density at radius 1 is 1.33 bits per heavy atom. The van der Waals surface area contributed by atoms with Gasteiger partial charge in [-0.3, -0.25) is 0 Å². The lowest BCUT2D eigenvalue weighted by Crippen LogP contribution is -2.28. The van der Waals surface area contributed by atoms with Gasteiger partial charge >= 0.3 is 0 Å². The summed E-state index contributed by atoms with van der Waals surface area (Å²) >= 11 is 0. The van der Waals surface area contributed by atoms with Gasteiger partial charge in [-0.25, -0.2) is 0 Å². The summed E-state index contributed by atoms with van der Waals surface area (Å²) in [4.78, 5) is 0. The molecule has 1 nitrogen and oxygen atoms in total. The third-order valence-electron chi connectivity index (χ3n) is 3.04. The molecular formula is C10H22OSi. The van der Waals surface area contributed by atoms with Crippen LogP contribution < -0.4 is 0 Å². The maximum Gasteiger partial charge on any atom is 0.0747 e. The van der Waals surface area contributed by atoms with Crippen LogP contribution >= 0.6 is 0 Å². The summed E-state index contributed by atoms with van der Waals surface area (Å²) in [6.07, 6.45) is 8.16. The molecule has 12 heavy (non-hydrogen) atoms. The molecular weight excluding hydrogens is 164 g/mol. The minimum Gasteiger partial charge on any atom is -0.412 e. The molecule has 0 aromatic carbocycles. The third kappa shape index (κ3) is 2.76. The molecule has 0 saturated carbocycles. The van der Waals surface area contributed by atoms with Crippen LogP contribution in [0.3, 0.4) is 0 Å². The molecule has 72 valence electrons. The molecule has 0 spiro atoms. The predicted molar refractivity (Wildman–Crippen MR) is 58.1 cm³/mol. The Labute approximate surface area is 77.2 Å². The fraction of sp³-hybridized carbons (Fsp3) is 0.800. The van der Waals surface area contributed by atoms with Crippen LogP contribution in [0.2, 0.25) is 19.1 Å². The second-order valence-electron chi connectivity index (χ2n) is 4.21. The Balaban J connectivity index is 0.00000121. The van der Waals surface area contributed by atoms with Gasteiger partial charge in [-0.2, -0.15) is 0 Å². The molecule has 0 unspecified atom stereocenters. The van der Waals surface area contributed by atoms with Gasteiger partial charge in [0.2, 0.25) is 0 Å². The Kier molecular flexibility index (Phi) is 4.79. The van der Waals surface area contributed by atoms with Crippen LogP contribution in [0, 0.1) is 0 Å². The van der Waals surface area contributed by atoms with Gasteiger partial charge in [0.25, 0.3) is 0 Å². The van der Waals surface area contributed by atoms with Crippen LogP contribution in [0.4, 0.5) is 0 Å². The number of hydrogen-bond donors (Lipinski definition) is 0. The second kappa shape index (κ2) is 4.82. The lowest BCUT2D eigenvalue weighted by atomic mass is 10.1. The van der Waals surface area contributed by atoms with Crippen LogP contribution in [0.15, 0.2) is 11.3 Å². The van der Waals surface area contributed by atoms with Crippen molar-refractivity contribution in [1.29, 1.82) is 0 Å². The van der Waals surface area contributed by atoms with Gasteiger partial charge in [0.15, 0.2) is 0 Å². The van der Waals surface area contributed by atoms with Crippen molar-refractivity contribution in [2.45, 2.75) is 51.7 Å². The fourth-order valence-corrected chi connectivity index (χ4v) is 3.68. The Morgan fingerprint density at radius 3 is 2.42 bits per heavy atom. The summed E-state index contributed by atoms with van der Waals surface area (Å²) in [5, 5.41) is 1.84. The Morgan fingerprint density at radius 2 is 2.00 bits per heavy atom. The highest BCUT2D eigenvalue weighted by Crippen LogP contribution is 2.28. The molecule has 1 aliphatic carbocycles. The zero-order valence-corrected chi connectivity index (χ0v) is 9.61. The molecule has 1 rings (SSSR count). The van der Waals surface area contributed by atoms with Crippen LogP contribution in [-0.4, -0.2) is 13.6 Å². The average Bonchev–Trinajstić information content (AvgIpc) is 2.06. The number of allylic oxidation sites excluding steroid dienone is 2. The molecule has 0 bridgehead atoms. The second-order valence-corrected chi connectivity index (χ2v) is 9.33. The predicted octanol–water partition coefficient (Wildman–Crippen LogP) is 2.93. The Bertz CT molecular complexity index is 161. The monoisotopic (exact) mass is 186 g/mol. The summed E-state index contributed by atoms with van der Waals surface area (Å²) in [6, 6.07) is 1.42. The number of hydrogen-bond acceptors (Lipinski definition) is 0. The Hall–Kier alpha value is -0.0831. The van der Waals surface area contributed by atoms with Crippen molar-refractivity contribution in [2.24, 2.45) is 0 Å². The number of rotatable bonds is 2. The van der Waals surface area contributed by atoms with Crippen molar-refractivity contribution in [3.05, 3.63) is 11.3 Å². The van der Waals surface area contributed by atoms with Gasteiger partial charge in [0.05, 0.1) is 8.07 Å². The summed E-state index contributed by atoms with van der Waals surface area (Å²) in [5.74, 6) is 0. The highest BCUT2D eigenvalue weighted by molar-refractivity contribution is 6.84. The van der Waals surface area contributed by atoms with E-state index in [2.05, 4.69) is 26.1 Å². The average molecular weight is 186 g/mol. The maximum absolute atomic E-state index is 2.53. The van der Waals surface area contributed by atoms with Crippen LogP contribution in [0.1, 0.15) is 32.6 Å². The van der Waals surface area contributed by atoms with Crippen molar-refractivity contribution in [3.63, 3.8) is 0 Å². The van der Waals surface area contributed by atoms with Crippen molar-refractivity contribution < 1.29 is 5.48 Å². The van der Waals surface area contributed by atoms with Gasteiger partial charge in [0, 0.05) is 0 Å². The molecule has 0 fully saturated rings. The molecule has 0 radical (unpaired) electrons. The molecule has 2 N–H and O–H groups in total. The first-order chi connectivity index (χ1) is 5.17. The van der Waals surface area contributed by atoms with E-state index >= 15 is 0 Å². The normalized spacial score (nSPS) is 18.1. The first-order valence-electron chi connectivity index (χ1n) is 4.86. The minimum atomic E-state index is -0.915. The highest BCUT2D eigenvalue weighted by atomic mass is 28.3. The molecule has 0 amide bonds. The van der Waals surface area contributed by atoms with Gasteiger partial charge in [0.1, 0.15) is 0 Å². The van der Waals surface area contributed by atoms with Gasteiger partial charge in [-0.05, 0) is 25.7 Å². The maximum atomic E-state index is 2.53. The van der Waals surface area contributed by atoms with Crippen molar-refractivity contribution >= 4 is 8.07 Å². The van der Waals surface area contributed by atoms with Gasteiger partial charge in [-0.15, -0.1) is 0 Å². The standard InChI is InChI=1S/C10H20Si.H2O/c1-4-11(2,3)10-8-6-5-7-9-10;/h8H,4-7,9H2,1-3H3;1H2. The van der Waals surface area contributed by atoms with Crippen molar-refractivity contribution in [2.75, 3.05) is 0 Å². The largest absolute Gasteiger partial charge is 0.412 e. The zero-order chi connectivity index (χ0) is 8.32. The molecule has 0 atom stereocenters. The van der Waals surface area contributed by atoms with E-state index < -0.39 is 8.07 Å². The fourth-order valence-electron chi connectivity index (χ4n) is 1.68. The summed E-state index contributed by atoms with van der Waals surface area (Å²) in [7, 11) is -0.915. The van der Waals surface area contributed by atoms with Gasteiger partial charge in [-0.1, -0.05) is 37.3 Å². The van der Waals surface area contributed by atoms with E-state index in [1.165, 1.54) is 31.7 Å². The zero-order valence-electron chi connectivity index (χ0n) is 8.61. The van der Waals surface area contributed by atoms with E-state index in [0.29, 0.717) is 0 Å². The highest BCUT2D eigenvalue weighted by Gasteiger charge is 2.23. The topological polar surface area (TPSA) is 31.5 Å². The van der Waals surface area contributed by atoms with E-state index in [0.717, 1.165) is 0 Å². The molecule has 0 saturated heterocycles.